The van der Waals surface area contributed by atoms with Crippen molar-refractivity contribution in [2.45, 2.75) is 37.8 Å². The molecule has 0 aliphatic rings. The van der Waals surface area contributed by atoms with Crippen LogP contribution in [0.25, 0.3) is 0 Å². The molecule has 3 nitrogen and oxygen atoms in total. The molecule has 0 aromatic carbocycles. The normalized spacial score (nSPS) is 12.3. The lowest BCUT2D eigenvalue weighted by Crippen LogP contribution is -2.52. The zero-order valence-electron chi connectivity index (χ0n) is 11.2. The molecule has 0 aliphatic heterocycles. The number of rotatable bonds is 9. The average Bonchev–Trinajstić information content (AvgIpc) is 2.28. The van der Waals surface area contributed by atoms with Gasteiger partial charge in [0.15, 0.2) is 0 Å². The molecule has 0 aromatic heterocycles. The topological polar surface area (TPSA) is 52.3 Å². The summed E-state index contributed by atoms with van der Waals surface area (Å²) in [5.41, 5.74) is 5.95. The van der Waals surface area contributed by atoms with Crippen LogP contribution in [0, 0.1) is 0 Å². The van der Waals surface area contributed by atoms with Crippen LogP contribution in [-0.4, -0.2) is 17.6 Å². The van der Waals surface area contributed by atoms with Gasteiger partial charge in [0.1, 0.15) is 6.10 Å². The Bertz CT molecular complexity index is 334. The van der Waals surface area contributed by atoms with E-state index in [1.807, 2.05) is 0 Å². The summed E-state index contributed by atoms with van der Waals surface area (Å²) in [6.07, 6.45) is 6.20. The SMILES string of the molecule is C=CCC(OC(=O)C(=C)C)C(N)(CC=C)CC=C. The van der Waals surface area contributed by atoms with Gasteiger partial charge in [-0.2, -0.15) is 0 Å². The predicted molar refractivity (Wildman–Crippen MR) is 76.1 cm³/mol. The summed E-state index contributed by atoms with van der Waals surface area (Å²) in [5, 5.41) is 0. The summed E-state index contributed by atoms with van der Waals surface area (Å²) in [6.45, 7) is 16.2. The lowest BCUT2D eigenvalue weighted by Gasteiger charge is -2.35. The van der Waals surface area contributed by atoms with Crippen LogP contribution >= 0.6 is 0 Å². The largest absolute Gasteiger partial charge is 0.457 e. The van der Waals surface area contributed by atoms with Gasteiger partial charge in [0.2, 0.25) is 0 Å². The van der Waals surface area contributed by atoms with Crippen molar-refractivity contribution in [2.75, 3.05) is 0 Å². The Labute approximate surface area is 110 Å². The van der Waals surface area contributed by atoms with E-state index in [1.165, 1.54) is 0 Å². The number of hydrogen-bond acceptors (Lipinski definition) is 3. The molecule has 0 aromatic rings. The highest BCUT2D eigenvalue weighted by molar-refractivity contribution is 5.87. The van der Waals surface area contributed by atoms with E-state index in [0.29, 0.717) is 24.8 Å². The van der Waals surface area contributed by atoms with E-state index in [1.54, 1.807) is 25.2 Å². The molecule has 100 valence electrons. The molecule has 3 heteroatoms. The molecule has 0 rings (SSSR count). The molecule has 1 atom stereocenters. The second kappa shape index (κ2) is 7.67. The maximum absolute atomic E-state index is 11.6. The third-order valence-corrected chi connectivity index (χ3v) is 2.67. The molecule has 0 fully saturated rings. The van der Waals surface area contributed by atoms with Gasteiger partial charge in [-0.05, 0) is 19.8 Å². The molecule has 0 saturated carbocycles. The Kier molecular flexibility index (Phi) is 6.98. The molecule has 0 amide bonds. The van der Waals surface area contributed by atoms with Gasteiger partial charge < -0.3 is 10.5 Å². The van der Waals surface area contributed by atoms with Gasteiger partial charge >= 0.3 is 5.97 Å². The van der Waals surface area contributed by atoms with E-state index in [9.17, 15) is 4.79 Å². The van der Waals surface area contributed by atoms with E-state index in [-0.39, 0.29) is 0 Å². The zero-order chi connectivity index (χ0) is 14.2. The highest BCUT2D eigenvalue weighted by Crippen LogP contribution is 2.24. The van der Waals surface area contributed by atoms with Gasteiger partial charge in [-0.3, -0.25) is 0 Å². The smallest absolute Gasteiger partial charge is 0.333 e. The first-order valence-corrected chi connectivity index (χ1v) is 5.89. The molecule has 0 radical (unpaired) electrons. The maximum atomic E-state index is 11.6. The molecular weight excluding hydrogens is 226 g/mol. The first-order chi connectivity index (χ1) is 8.41. The van der Waals surface area contributed by atoms with Gasteiger partial charge in [-0.1, -0.05) is 24.8 Å². The number of hydrogen-bond donors (Lipinski definition) is 1. The molecule has 0 heterocycles. The lowest BCUT2D eigenvalue weighted by molar-refractivity contribution is -0.147. The van der Waals surface area contributed by atoms with E-state index < -0.39 is 17.6 Å². The van der Waals surface area contributed by atoms with Crippen molar-refractivity contribution in [1.29, 1.82) is 0 Å². The highest BCUT2D eigenvalue weighted by atomic mass is 16.5. The summed E-state index contributed by atoms with van der Waals surface area (Å²) in [6, 6.07) is 0. The van der Waals surface area contributed by atoms with Gasteiger partial charge in [0.05, 0.1) is 5.54 Å². The van der Waals surface area contributed by atoms with Crippen LogP contribution in [0.4, 0.5) is 0 Å². The molecule has 1 unspecified atom stereocenters. The third kappa shape index (κ3) is 4.72. The van der Waals surface area contributed by atoms with Crippen molar-refractivity contribution in [3.63, 3.8) is 0 Å². The highest BCUT2D eigenvalue weighted by Gasteiger charge is 2.35. The van der Waals surface area contributed by atoms with Crippen molar-refractivity contribution in [1.82, 2.24) is 0 Å². The Balaban J connectivity index is 5.06. The predicted octanol–water partition coefficient (Wildman–Crippen LogP) is 2.90. The van der Waals surface area contributed by atoms with Crippen LogP contribution in [-0.2, 0) is 9.53 Å². The molecule has 2 N–H and O–H groups in total. The number of ether oxygens (including phenoxy) is 1. The quantitative estimate of drug-likeness (QED) is 0.388. The Hall–Kier alpha value is -1.61. The van der Waals surface area contributed by atoms with Crippen molar-refractivity contribution in [3.05, 3.63) is 50.1 Å². The Morgan fingerprint density at radius 2 is 1.78 bits per heavy atom. The lowest BCUT2D eigenvalue weighted by atomic mass is 9.84. The minimum absolute atomic E-state index is 0.351. The Morgan fingerprint density at radius 1 is 1.28 bits per heavy atom. The minimum Gasteiger partial charge on any atom is -0.457 e. The Morgan fingerprint density at radius 3 is 2.11 bits per heavy atom. The minimum atomic E-state index is -0.706. The van der Waals surface area contributed by atoms with Gasteiger partial charge in [0.25, 0.3) is 0 Å². The molecule has 0 saturated heterocycles. The van der Waals surface area contributed by atoms with E-state index in [4.69, 9.17) is 10.5 Å². The van der Waals surface area contributed by atoms with E-state index in [0.717, 1.165) is 0 Å². The fraction of sp³-hybridized carbons (Fsp3) is 0.400. The number of carbonyl (C=O) groups excluding carboxylic acids is 1. The molecule has 0 spiro atoms. The first kappa shape index (κ1) is 16.4. The van der Waals surface area contributed by atoms with Crippen LogP contribution in [0.5, 0.6) is 0 Å². The van der Waals surface area contributed by atoms with Crippen molar-refractivity contribution in [2.24, 2.45) is 5.73 Å². The number of carbonyl (C=O) groups is 1. The van der Waals surface area contributed by atoms with Crippen LogP contribution in [0.2, 0.25) is 0 Å². The monoisotopic (exact) mass is 249 g/mol. The molecular formula is C15H23NO2. The fourth-order valence-corrected chi connectivity index (χ4v) is 1.67. The zero-order valence-corrected chi connectivity index (χ0v) is 11.2. The van der Waals surface area contributed by atoms with Crippen LogP contribution in [0.15, 0.2) is 50.1 Å². The van der Waals surface area contributed by atoms with E-state index >= 15 is 0 Å². The van der Waals surface area contributed by atoms with Gasteiger partial charge in [0, 0.05) is 12.0 Å². The van der Waals surface area contributed by atoms with Crippen molar-refractivity contribution >= 4 is 5.97 Å². The summed E-state index contributed by atoms with van der Waals surface area (Å²) < 4.78 is 5.39. The second-order valence-corrected chi connectivity index (χ2v) is 4.42. The summed E-state index contributed by atoms with van der Waals surface area (Å²) >= 11 is 0. The maximum Gasteiger partial charge on any atom is 0.333 e. The first-order valence-electron chi connectivity index (χ1n) is 5.89. The fourth-order valence-electron chi connectivity index (χ4n) is 1.67. The van der Waals surface area contributed by atoms with Gasteiger partial charge in [-0.25, -0.2) is 4.79 Å². The van der Waals surface area contributed by atoms with Gasteiger partial charge in [-0.15, -0.1) is 19.7 Å². The number of esters is 1. The van der Waals surface area contributed by atoms with Crippen LogP contribution in [0.3, 0.4) is 0 Å². The molecule has 0 aliphatic carbocycles. The van der Waals surface area contributed by atoms with Crippen molar-refractivity contribution < 1.29 is 9.53 Å². The van der Waals surface area contributed by atoms with Crippen molar-refractivity contribution in [3.8, 4) is 0 Å². The third-order valence-electron chi connectivity index (χ3n) is 2.67. The summed E-state index contributed by atoms with van der Waals surface area (Å²) in [4.78, 5) is 11.6. The molecule has 0 bridgehead atoms. The average molecular weight is 249 g/mol. The summed E-state index contributed by atoms with van der Waals surface area (Å²) in [7, 11) is 0. The number of nitrogens with two attached hydrogens (primary N) is 1. The van der Waals surface area contributed by atoms with Crippen LogP contribution < -0.4 is 5.73 Å². The van der Waals surface area contributed by atoms with E-state index in [2.05, 4.69) is 26.3 Å². The second-order valence-electron chi connectivity index (χ2n) is 4.42. The summed E-state index contributed by atoms with van der Waals surface area (Å²) in [5.74, 6) is -0.440. The standard InChI is InChI=1S/C15H23NO2/c1-6-9-13(18-14(17)12(4)5)15(16,10-7-2)11-8-3/h6-8,13H,1-4,9-11,16H2,5H3. The molecule has 18 heavy (non-hydrogen) atoms. The van der Waals surface area contributed by atoms with Crippen LogP contribution in [0.1, 0.15) is 26.2 Å².